The minimum Gasteiger partial charge on any atom is -0.319 e. The Morgan fingerprint density at radius 1 is 1.19 bits per heavy atom. The lowest BCUT2D eigenvalue weighted by atomic mass is 9.86. The average Bonchev–Trinajstić information content (AvgIpc) is 2.38. The third-order valence-electron chi connectivity index (χ3n) is 4.53. The first-order chi connectivity index (χ1) is 9.77. The highest BCUT2D eigenvalue weighted by molar-refractivity contribution is 7.87. The van der Waals surface area contributed by atoms with Crippen molar-refractivity contribution in [3.63, 3.8) is 0 Å². The first-order valence-corrected chi connectivity index (χ1v) is 9.61. The molecule has 1 atom stereocenters. The van der Waals surface area contributed by atoms with Gasteiger partial charge in [0.25, 0.3) is 10.2 Å². The molecular weight excluding hydrogens is 286 g/mol. The number of nitrogens with one attached hydrogen (secondary N) is 2. The van der Waals surface area contributed by atoms with E-state index in [1.165, 1.54) is 0 Å². The summed E-state index contributed by atoms with van der Waals surface area (Å²) in [5, 5.41) is 3.15. The van der Waals surface area contributed by atoms with Gasteiger partial charge in [0.05, 0.1) is 0 Å². The maximum atomic E-state index is 12.5. The largest absolute Gasteiger partial charge is 0.319 e. The Hall–Kier alpha value is -0.170. The third kappa shape index (κ3) is 5.85. The van der Waals surface area contributed by atoms with E-state index in [1.54, 1.807) is 4.31 Å². The van der Waals surface area contributed by atoms with Gasteiger partial charge < -0.3 is 5.32 Å². The second-order valence-electron chi connectivity index (χ2n) is 6.93. The van der Waals surface area contributed by atoms with Gasteiger partial charge in [0.2, 0.25) is 0 Å². The van der Waals surface area contributed by atoms with Crippen molar-refractivity contribution in [2.24, 2.45) is 23.7 Å². The normalized spacial score (nSPS) is 21.6. The van der Waals surface area contributed by atoms with Crippen molar-refractivity contribution in [3.05, 3.63) is 0 Å². The molecule has 1 rings (SSSR count). The highest BCUT2D eigenvalue weighted by Crippen LogP contribution is 2.21. The second-order valence-corrected chi connectivity index (χ2v) is 8.68. The van der Waals surface area contributed by atoms with Gasteiger partial charge in [-0.1, -0.05) is 27.7 Å². The van der Waals surface area contributed by atoms with E-state index in [-0.39, 0.29) is 0 Å². The van der Waals surface area contributed by atoms with Gasteiger partial charge in [-0.05, 0) is 50.1 Å². The van der Waals surface area contributed by atoms with Crippen LogP contribution < -0.4 is 10.0 Å². The van der Waals surface area contributed by atoms with E-state index in [0.717, 1.165) is 19.4 Å². The van der Waals surface area contributed by atoms with Gasteiger partial charge in [-0.2, -0.15) is 12.7 Å². The van der Waals surface area contributed by atoms with E-state index < -0.39 is 10.2 Å². The Bertz CT molecular complexity index is 386. The van der Waals surface area contributed by atoms with Crippen molar-refractivity contribution in [1.29, 1.82) is 0 Å². The molecule has 0 aromatic rings. The smallest absolute Gasteiger partial charge is 0.279 e. The summed E-state index contributed by atoms with van der Waals surface area (Å²) in [6, 6.07) is 0. The van der Waals surface area contributed by atoms with Crippen LogP contribution in [0, 0.1) is 23.7 Å². The van der Waals surface area contributed by atoms with Gasteiger partial charge in [-0.3, -0.25) is 0 Å². The van der Waals surface area contributed by atoms with Gasteiger partial charge in [0.1, 0.15) is 0 Å². The summed E-state index contributed by atoms with van der Waals surface area (Å²) < 4.78 is 29.4. The van der Waals surface area contributed by atoms with Crippen molar-refractivity contribution in [2.45, 2.75) is 40.5 Å². The lowest BCUT2D eigenvalue weighted by Crippen LogP contribution is -2.48. The highest BCUT2D eigenvalue weighted by Gasteiger charge is 2.29. The van der Waals surface area contributed by atoms with Crippen molar-refractivity contribution in [3.8, 4) is 0 Å². The Balaban J connectivity index is 2.60. The fourth-order valence-electron chi connectivity index (χ4n) is 3.23. The average molecular weight is 320 g/mol. The van der Waals surface area contributed by atoms with Crippen molar-refractivity contribution in [1.82, 2.24) is 14.3 Å². The van der Waals surface area contributed by atoms with E-state index in [2.05, 4.69) is 37.7 Å². The van der Waals surface area contributed by atoms with Crippen LogP contribution in [0.5, 0.6) is 0 Å². The van der Waals surface area contributed by atoms with Crippen LogP contribution in [0.25, 0.3) is 0 Å². The van der Waals surface area contributed by atoms with Gasteiger partial charge in [-0.25, -0.2) is 4.72 Å². The van der Waals surface area contributed by atoms with Crippen LogP contribution in [-0.4, -0.2) is 45.9 Å². The lowest BCUT2D eigenvalue weighted by Gasteiger charge is -2.33. The Morgan fingerprint density at radius 3 is 2.33 bits per heavy atom. The van der Waals surface area contributed by atoms with Crippen LogP contribution in [0.3, 0.4) is 0 Å². The molecule has 1 aliphatic heterocycles. The molecule has 1 heterocycles. The van der Waals surface area contributed by atoms with E-state index in [0.29, 0.717) is 43.3 Å². The molecule has 21 heavy (non-hydrogen) atoms. The highest BCUT2D eigenvalue weighted by atomic mass is 32.2. The van der Waals surface area contributed by atoms with Crippen molar-refractivity contribution >= 4 is 10.2 Å². The molecule has 2 N–H and O–H groups in total. The first kappa shape index (κ1) is 18.9. The van der Waals surface area contributed by atoms with Crippen molar-refractivity contribution < 1.29 is 8.42 Å². The molecule has 0 spiro atoms. The third-order valence-corrected chi connectivity index (χ3v) is 6.07. The summed E-state index contributed by atoms with van der Waals surface area (Å²) in [5.74, 6) is 1.75. The number of nitrogens with zero attached hydrogens (tertiary/aromatic N) is 1. The number of piperidine rings is 1. The molecule has 0 aromatic heterocycles. The van der Waals surface area contributed by atoms with E-state index >= 15 is 0 Å². The second kappa shape index (κ2) is 8.46. The lowest BCUT2D eigenvalue weighted by molar-refractivity contribution is 0.254. The molecular formula is C15H33N3O2S. The minimum atomic E-state index is -3.34. The fraction of sp³-hybridized carbons (Fsp3) is 1.00. The summed E-state index contributed by atoms with van der Waals surface area (Å²) in [6.45, 7) is 11.3. The molecule has 0 bridgehead atoms. The van der Waals surface area contributed by atoms with E-state index in [9.17, 15) is 8.42 Å². The standard InChI is InChI=1S/C15H33N3O2S/c1-12(2)15(13(3)4)10-17-21(19,20)18-8-6-7-14(11-18)9-16-5/h12-17H,6-11H2,1-5H3. The predicted octanol–water partition coefficient (Wildman–Crippen LogP) is 1.68. The Morgan fingerprint density at radius 2 is 1.81 bits per heavy atom. The Labute approximate surface area is 131 Å². The molecule has 1 fully saturated rings. The summed E-state index contributed by atoms with van der Waals surface area (Å²) in [5.41, 5.74) is 0. The van der Waals surface area contributed by atoms with E-state index in [4.69, 9.17) is 0 Å². The summed E-state index contributed by atoms with van der Waals surface area (Å²) in [4.78, 5) is 0. The molecule has 0 amide bonds. The number of hydrogen-bond acceptors (Lipinski definition) is 3. The number of hydrogen-bond donors (Lipinski definition) is 2. The molecule has 1 unspecified atom stereocenters. The number of rotatable bonds is 8. The maximum absolute atomic E-state index is 12.5. The zero-order valence-corrected chi connectivity index (χ0v) is 15.0. The molecule has 0 radical (unpaired) electrons. The van der Waals surface area contributed by atoms with Crippen LogP contribution in [-0.2, 0) is 10.2 Å². The van der Waals surface area contributed by atoms with Gasteiger partial charge in [0.15, 0.2) is 0 Å². The van der Waals surface area contributed by atoms with Crippen LogP contribution in [0.1, 0.15) is 40.5 Å². The minimum absolute atomic E-state index is 0.373. The molecule has 1 saturated heterocycles. The summed E-state index contributed by atoms with van der Waals surface area (Å²) in [7, 11) is -1.42. The van der Waals surface area contributed by atoms with Crippen LogP contribution in [0.15, 0.2) is 0 Å². The fourth-order valence-corrected chi connectivity index (χ4v) is 4.60. The molecule has 6 heteroatoms. The maximum Gasteiger partial charge on any atom is 0.279 e. The van der Waals surface area contributed by atoms with Gasteiger partial charge in [-0.15, -0.1) is 0 Å². The van der Waals surface area contributed by atoms with Crippen molar-refractivity contribution in [2.75, 3.05) is 33.2 Å². The van der Waals surface area contributed by atoms with Gasteiger partial charge in [0, 0.05) is 19.6 Å². The van der Waals surface area contributed by atoms with Crippen LogP contribution >= 0.6 is 0 Å². The van der Waals surface area contributed by atoms with Crippen LogP contribution in [0.4, 0.5) is 0 Å². The monoisotopic (exact) mass is 319 g/mol. The SMILES string of the molecule is CNCC1CCCN(S(=O)(=O)NCC(C(C)C)C(C)C)C1. The predicted molar refractivity (Wildman–Crippen MR) is 88.3 cm³/mol. The molecule has 0 aromatic carbocycles. The summed E-state index contributed by atoms with van der Waals surface area (Å²) >= 11 is 0. The zero-order valence-electron chi connectivity index (χ0n) is 14.2. The molecule has 126 valence electrons. The molecule has 0 aliphatic carbocycles. The van der Waals surface area contributed by atoms with Crippen LogP contribution in [0.2, 0.25) is 0 Å². The van der Waals surface area contributed by atoms with E-state index in [1.807, 2.05) is 7.05 Å². The molecule has 0 saturated carbocycles. The topological polar surface area (TPSA) is 61.4 Å². The first-order valence-electron chi connectivity index (χ1n) is 8.17. The molecule has 5 nitrogen and oxygen atoms in total. The van der Waals surface area contributed by atoms with Gasteiger partial charge >= 0.3 is 0 Å². The molecule has 1 aliphatic rings. The summed E-state index contributed by atoms with van der Waals surface area (Å²) in [6.07, 6.45) is 2.05. The Kier molecular flexibility index (Phi) is 7.60. The zero-order chi connectivity index (χ0) is 16.0. The quantitative estimate of drug-likeness (QED) is 0.715.